The predicted octanol–water partition coefficient (Wildman–Crippen LogP) is 2.83. The van der Waals surface area contributed by atoms with Crippen LogP contribution in [-0.4, -0.2) is 17.2 Å². The second-order valence-electron chi connectivity index (χ2n) is 3.19. The van der Waals surface area contributed by atoms with E-state index in [9.17, 15) is 10.1 Å². The molecule has 88 valence electrons. The van der Waals surface area contributed by atoms with Crippen LogP contribution in [-0.2, 0) is 5.75 Å². The molecule has 0 aromatic heterocycles. The molecule has 0 unspecified atom stereocenters. The first-order valence-corrected chi connectivity index (χ1v) is 6.39. The van der Waals surface area contributed by atoms with Crippen molar-refractivity contribution in [2.24, 2.45) is 5.73 Å². The monoisotopic (exact) mass is 260 g/mol. The van der Waals surface area contributed by atoms with E-state index in [1.165, 1.54) is 6.07 Å². The fraction of sp³-hybridized carbons (Fsp3) is 0.400. The number of hydrogen-bond acceptors (Lipinski definition) is 4. The van der Waals surface area contributed by atoms with Gasteiger partial charge < -0.3 is 5.73 Å². The van der Waals surface area contributed by atoms with Gasteiger partial charge in [0.25, 0.3) is 5.69 Å². The van der Waals surface area contributed by atoms with Gasteiger partial charge in [0.1, 0.15) is 0 Å². The fourth-order valence-corrected chi connectivity index (χ4v) is 2.56. The zero-order valence-corrected chi connectivity index (χ0v) is 10.3. The summed E-state index contributed by atoms with van der Waals surface area (Å²) < 4.78 is 0. The smallest absolute Gasteiger partial charge is 0.274 e. The Labute approximate surface area is 103 Å². The third-order valence-corrected chi connectivity index (χ3v) is 3.45. The van der Waals surface area contributed by atoms with Gasteiger partial charge in [-0.1, -0.05) is 17.7 Å². The highest BCUT2D eigenvalue weighted by atomic mass is 35.5. The van der Waals surface area contributed by atoms with Crippen molar-refractivity contribution in [3.63, 3.8) is 0 Å². The van der Waals surface area contributed by atoms with E-state index in [0.717, 1.165) is 12.2 Å². The Morgan fingerprint density at radius 1 is 1.50 bits per heavy atom. The van der Waals surface area contributed by atoms with Gasteiger partial charge in [0.15, 0.2) is 0 Å². The van der Waals surface area contributed by atoms with Crippen molar-refractivity contribution in [2.75, 3.05) is 12.3 Å². The highest BCUT2D eigenvalue weighted by Crippen LogP contribution is 2.29. The van der Waals surface area contributed by atoms with Crippen LogP contribution in [0.25, 0.3) is 0 Å². The average molecular weight is 261 g/mol. The lowest BCUT2D eigenvalue weighted by Gasteiger charge is -2.04. The summed E-state index contributed by atoms with van der Waals surface area (Å²) in [7, 11) is 0. The first-order chi connectivity index (χ1) is 7.66. The number of nitrogens with zero attached hydrogens (tertiary/aromatic N) is 1. The second-order valence-corrected chi connectivity index (χ2v) is 4.70. The number of nitro benzene ring substituents is 1. The first-order valence-electron chi connectivity index (χ1n) is 4.86. The number of rotatable bonds is 6. The van der Waals surface area contributed by atoms with Crippen LogP contribution in [0.2, 0.25) is 5.02 Å². The van der Waals surface area contributed by atoms with Gasteiger partial charge >= 0.3 is 0 Å². The highest BCUT2D eigenvalue weighted by molar-refractivity contribution is 7.98. The average Bonchev–Trinajstić information content (AvgIpc) is 2.25. The normalized spacial score (nSPS) is 10.4. The summed E-state index contributed by atoms with van der Waals surface area (Å²) in [5.74, 6) is 1.44. The van der Waals surface area contributed by atoms with Crippen LogP contribution < -0.4 is 5.73 Å². The summed E-state index contributed by atoms with van der Waals surface area (Å²) in [6.45, 7) is 0.637. The van der Waals surface area contributed by atoms with Crippen LogP contribution in [0.15, 0.2) is 18.2 Å². The van der Waals surface area contributed by atoms with E-state index in [-0.39, 0.29) is 5.69 Å². The molecule has 4 nitrogen and oxygen atoms in total. The molecule has 2 N–H and O–H groups in total. The molecule has 0 bridgehead atoms. The molecule has 0 radical (unpaired) electrons. The molecule has 1 aromatic rings. The van der Waals surface area contributed by atoms with Crippen LogP contribution >= 0.6 is 23.4 Å². The molecule has 0 aliphatic rings. The van der Waals surface area contributed by atoms with Crippen molar-refractivity contribution in [1.29, 1.82) is 0 Å². The minimum absolute atomic E-state index is 0.0905. The van der Waals surface area contributed by atoms with E-state index in [1.54, 1.807) is 23.9 Å². The summed E-state index contributed by atoms with van der Waals surface area (Å²) in [4.78, 5) is 10.4. The van der Waals surface area contributed by atoms with Gasteiger partial charge in [-0.2, -0.15) is 11.8 Å². The standard InChI is InChI=1S/C10H13ClN2O2S/c11-9-3-1-4-10(13(14)15)8(9)7-16-6-2-5-12/h1,3-4H,2,5-7,12H2. The molecular weight excluding hydrogens is 248 g/mol. The maximum Gasteiger partial charge on any atom is 0.274 e. The van der Waals surface area contributed by atoms with E-state index in [4.69, 9.17) is 17.3 Å². The maximum atomic E-state index is 10.8. The molecule has 0 amide bonds. The lowest BCUT2D eigenvalue weighted by Crippen LogP contribution is -2.00. The molecule has 0 spiro atoms. The predicted molar refractivity (Wildman–Crippen MR) is 67.9 cm³/mol. The largest absolute Gasteiger partial charge is 0.330 e. The Bertz CT molecular complexity index is 374. The minimum Gasteiger partial charge on any atom is -0.330 e. The molecule has 0 heterocycles. The summed E-state index contributed by atoms with van der Waals surface area (Å²) in [6.07, 6.45) is 0.906. The van der Waals surface area contributed by atoms with Crippen molar-refractivity contribution in [3.05, 3.63) is 38.9 Å². The molecule has 1 aromatic carbocycles. The third-order valence-electron chi connectivity index (χ3n) is 2.03. The third kappa shape index (κ3) is 3.66. The van der Waals surface area contributed by atoms with Gasteiger partial charge in [0.05, 0.1) is 15.5 Å². The van der Waals surface area contributed by atoms with Crippen LogP contribution in [0.1, 0.15) is 12.0 Å². The number of thioether (sulfide) groups is 1. The number of benzene rings is 1. The van der Waals surface area contributed by atoms with E-state index in [2.05, 4.69) is 0 Å². The first kappa shape index (κ1) is 13.3. The Morgan fingerprint density at radius 3 is 2.88 bits per heavy atom. The molecule has 0 aliphatic heterocycles. The lowest BCUT2D eigenvalue weighted by molar-refractivity contribution is -0.385. The highest BCUT2D eigenvalue weighted by Gasteiger charge is 2.15. The van der Waals surface area contributed by atoms with Gasteiger partial charge in [-0.3, -0.25) is 10.1 Å². The molecule has 6 heteroatoms. The van der Waals surface area contributed by atoms with E-state index >= 15 is 0 Å². The van der Waals surface area contributed by atoms with Gasteiger partial charge in [0, 0.05) is 11.8 Å². The zero-order valence-electron chi connectivity index (χ0n) is 8.69. The van der Waals surface area contributed by atoms with E-state index in [1.807, 2.05) is 0 Å². The molecular formula is C10H13ClN2O2S. The Kier molecular flexibility index (Phi) is 5.59. The number of nitrogens with two attached hydrogens (primary N) is 1. The summed E-state index contributed by atoms with van der Waals surface area (Å²) in [6, 6.07) is 4.74. The Balaban J connectivity index is 2.73. The van der Waals surface area contributed by atoms with Crippen molar-refractivity contribution < 1.29 is 4.92 Å². The van der Waals surface area contributed by atoms with Crippen molar-refractivity contribution in [3.8, 4) is 0 Å². The Morgan fingerprint density at radius 2 is 2.25 bits per heavy atom. The van der Waals surface area contributed by atoms with E-state index < -0.39 is 4.92 Å². The summed E-state index contributed by atoms with van der Waals surface area (Å²) in [5, 5.41) is 11.2. The summed E-state index contributed by atoms with van der Waals surface area (Å²) >= 11 is 7.55. The second kappa shape index (κ2) is 6.73. The molecule has 1 rings (SSSR count). The van der Waals surface area contributed by atoms with Crippen LogP contribution in [0.3, 0.4) is 0 Å². The number of nitro groups is 1. The van der Waals surface area contributed by atoms with Crippen LogP contribution in [0.4, 0.5) is 5.69 Å². The molecule has 0 aliphatic carbocycles. The molecule has 0 saturated carbocycles. The maximum absolute atomic E-state index is 10.8. The fourth-order valence-electron chi connectivity index (χ4n) is 1.22. The number of hydrogen-bond donors (Lipinski definition) is 1. The van der Waals surface area contributed by atoms with E-state index in [0.29, 0.717) is 22.9 Å². The van der Waals surface area contributed by atoms with Crippen molar-refractivity contribution in [2.45, 2.75) is 12.2 Å². The van der Waals surface area contributed by atoms with Gasteiger partial charge in [0.2, 0.25) is 0 Å². The van der Waals surface area contributed by atoms with Crippen LogP contribution in [0.5, 0.6) is 0 Å². The van der Waals surface area contributed by atoms with Crippen molar-refractivity contribution in [1.82, 2.24) is 0 Å². The summed E-state index contributed by atoms with van der Waals surface area (Å²) in [5.41, 5.74) is 6.05. The Hall–Kier alpha value is -0.780. The van der Waals surface area contributed by atoms with Crippen molar-refractivity contribution >= 4 is 29.1 Å². The van der Waals surface area contributed by atoms with Crippen LogP contribution in [0, 0.1) is 10.1 Å². The lowest BCUT2D eigenvalue weighted by atomic mass is 10.2. The van der Waals surface area contributed by atoms with Gasteiger partial charge in [-0.05, 0) is 24.8 Å². The van der Waals surface area contributed by atoms with Gasteiger partial charge in [-0.25, -0.2) is 0 Å². The molecule has 0 atom stereocenters. The van der Waals surface area contributed by atoms with Gasteiger partial charge in [-0.15, -0.1) is 0 Å². The zero-order chi connectivity index (χ0) is 12.0. The SMILES string of the molecule is NCCCSCc1c(Cl)cccc1[N+](=O)[O-]. The topological polar surface area (TPSA) is 69.2 Å². The molecule has 0 fully saturated rings. The quantitative estimate of drug-likeness (QED) is 0.485. The molecule has 0 saturated heterocycles. The number of halogens is 1. The molecule has 16 heavy (non-hydrogen) atoms. The minimum atomic E-state index is -0.398.